The minimum Gasteiger partial charge on any atom is -0.305 e. The van der Waals surface area contributed by atoms with Crippen LogP contribution in [0.25, 0.3) is 55.7 Å². The molecule has 0 N–H and O–H groups in total. The molecule has 0 saturated carbocycles. The molecule has 0 aliphatic carbocycles. The van der Waals surface area contributed by atoms with Gasteiger partial charge in [-0.05, 0) is 11.8 Å². The first kappa shape index (κ1) is 32.5. The number of rotatable bonds is 5. The Morgan fingerprint density at radius 1 is 0.711 bits per heavy atom. The molecule has 4 aromatic carbocycles. The molecular formula is C39H35GeIrN3O-2. The van der Waals surface area contributed by atoms with Gasteiger partial charge < -0.3 is 4.98 Å². The van der Waals surface area contributed by atoms with Crippen LogP contribution in [-0.4, -0.2) is 28.2 Å². The maximum atomic E-state index is 6.53. The molecule has 0 amide bonds. The van der Waals surface area contributed by atoms with E-state index in [9.17, 15) is 0 Å². The minimum absolute atomic E-state index is 0. The van der Waals surface area contributed by atoms with Crippen LogP contribution in [0.5, 0.6) is 0 Å². The molecule has 1 radical (unpaired) electrons. The summed E-state index contributed by atoms with van der Waals surface area (Å²) in [6, 6.07) is 40.9. The zero-order valence-electron chi connectivity index (χ0n) is 26.1. The van der Waals surface area contributed by atoms with Crippen molar-refractivity contribution in [2.24, 2.45) is 0 Å². The Bertz CT molecular complexity index is 1980. The maximum Gasteiger partial charge on any atom is 0.0160 e. The summed E-state index contributed by atoms with van der Waals surface area (Å²) in [5.41, 5.74) is 8.04. The number of aromatic nitrogens is 3. The smallest absolute Gasteiger partial charge is 0.0160 e. The van der Waals surface area contributed by atoms with Crippen molar-refractivity contribution >= 4 is 39.7 Å². The van der Waals surface area contributed by atoms with Gasteiger partial charge in [0.2, 0.25) is 0 Å². The number of benzene rings is 4. The molecule has 0 unspecified atom stereocenters. The first-order valence-corrected chi connectivity index (χ1v) is 22.3. The summed E-state index contributed by atoms with van der Waals surface area (Å²) in [7, 11) is 0. The van der Waals surface area contributed by atoms with Crippen LogP contribution in [-0.2, 0) is 20.1 Å². The standard InChI is InChI=1S/C28H27GeN2O.C11H8N.Ir/c1-18(2)24-17-30-28(31-27(24)29(3,4)5)23-16-10-15-22-21-14-9-13-20(25(21)32-26(22)23)19-11-7-6-8-12-19;1-2-6-10(7-3-1)11-8-4-5-9-12-11;/h6-15,17-18H,1-5H3;1-6,8-9H;/q2*-1;. The van der Waals surface area contributed by atoms with Gasteiger partial charge in [-0.2, -0.15) is 0 Å². The zero-order chi connectivity index (χ0) is 30.7. The molecule has 0 aliphatic heterocycles. The molecule has 0 fully saturated rings. The van der Waals surface area contributed by atoms with Crippen LogP contribution < -0.4 is 4.53 Å². The van der Waals surface area contributed by atoms with Crippen molar-refractivity contribution < 1.29 is 24.5 Å². The van der Waals surface area contributed by atoms with E-state index in [1.165, 1.54) is 10.1 Å². The number of furan rings is 1. The Kier molecular flexibility index (Phi) is 10.1. The van der Waals surface area contributed by atoms with Crippen molar-refractivity contribution in [3.05, 3.63) is 133 Å². The molecule has 227 valence electrons. The molecule has 4 nitrogen and oxygen atoms in total. The largest absolute Gasteiger partial charge is 0.305 e. The monoisotopic (exact) mass is 828 g/mol. The van der Waals surface area contributed by atoms with Gasteiger partial charge >= 0.3 is 192 Å². The Morgan fingerprint density at radius 3 is 2.16 bits per heavy atom. The Morgan fingerprint density at radius 2 is 1.47 bits per heavy atom. The molecule has 0 spiro atoms. The van der Waals surface area contributed by atoms with E-state index in [-0.39, 0.29) is 20.1 Å². The van der Waals surface area contributed by atoms with Crippen molar-refractivity contribution in [1.82, 2.24) is 15.0 Å². The SMILES string of the molecule is CC(C)c1cnc(-c2[c-]ccc3c2oc2c(-c4ccccc4)cccc23)n[c]1[Ge]([CH3])([CH3])[CH3].[Ir].[c-]1ccccc1-c1ccccn1. The fourth-order valence-electron chi connectivity index (χ4n) is 5.38. The predicted molar refractivity (Wildman–Crippen MR) is 185 cm³/mol. The third kappa shape index (κ3) is 7.01. The fourth-order valence-corrected chi connectivity index (χ4v) is 8.87. The van der Waals surface area contributed by atoms with Crippen molar-refractivity contribution in [3.63, 3.8) is 0 Å². The number of hydrogen-bond acceptors (Lipinski definition) is 4. The number of pyridine rings is 1. The van der Waals surface area contributed by atoms with E-state index in [1.54, 1.807) is 6.20 Å². The van der Waals surface area contributed by atoms with E-state index < -0.39 is 13.3 Å². The number of para-hydroxylation sites is 1. The van der Waals surface area contributed by atoms with Crippen molar-refractivity contribution in [2.75, 3.05) is 0 Å². The molecular weight excluding hydrogens is 791 g/mol. The van der Waals surface area contributed by atoms with E-state index in [2.05, 4.69) is 96.8 Å². The van der Waals surface area contributed by atoms with Crippen LogP contribution >= 0.6 is 0 Å². The second-order valence-electron chi connectivity index (χ2n) is 12.1. The summed E-state index contributed by atoms with van der Waals surface area (Å²) in [6.45, 7) is 4.43. The summed E-state index contributed by atoms with van der Waals surface area (Å²) in [5.74, 6) is 8.26. The van der Waals surface area contributed by atoms with Gasteiger partial charge in [0.15, 0.2) is 0 Å². The van der Waals surface area contributed by atoms with Gasteiger partial charge in [0.1, 0.15) is 0 Å². The van der Waals surface area contributed by atoms with Gasteiger partial charge in [-0.1, -0.05) is 12.1 Å². The minimum atomic E-state index is -2.20. The van der Waals surface area contributed by atoms with Gasteiger partial charge in [0.25, 0.3) is 0 Å². The van der Waals surface area contributed by atoms with Gasteiger partial charge in [-0.15, -0.1) is 35.9 Å². The summed E-state index contributed by atoms with van der Waals surface area (Å²) in [4.78, 5) is 14.1. The van der Waals surface area contributed by atoms with Gasteiger partial charge in [0.05, 0.1) is 0 Å². The number of hydrogen-bond donors (Lipinski definition) is 0. The van der Waals surface area contributed by atoms with E-state index in [0.29, 0.717) is 11.7 Å². The van der Waals surface area contributed by atoms with E-state index in [0.717, 1.165) is 49.9 Å². The fraction of sp³-hybridized carbons (Fsp3) is 0.154. The van der Waals surface area contributed by atoms with Crippen LogP contribution in [0.1, 0.15) is 25.3 Å². The van der Waals surface area contributed by atoms with Crippen LogP contribution in [0.2, 0.25) is 17.3 Å². The van der Waals surface area contributed by atoms with Crippen molar-refractivity contribution in [1.29, 1.82) is 0 Å². The third-order valence-electron chi connectivity index (χ3n) is 7.57. The Labute approximate surface area is 281 Å². The molecule has 6 heteroatoms. The quantitative estimate of drug-likeness (QED) is 0.128. The average Bonchev–Trinajstić information content (AvgIpc) is 3.45. The van der Waals surface area contributed by atoms with E-state index >= 15 is 0 Å². The van der Waals surface area contributed by atoms with E-state index in [1.807, 2.05) is 60.8 Å². The van der Waals surface area contributed by atoms with Crippen molar-refractivity contribution in [3.8, 4) is 33.8 Å². The van der Waals surface area contributed by atoms with Crippen LogP contribution in [0.15, 0.2) is 120 Å². The molecule has 3 heterocycles. The summed E-state index contributed by atoms with van der Waals surface area (Å²) in [6.07, 6.45) is 3.81. The van der Waals surface area contributed by atoms with Crippen molar-refractivity contribution in [2.45, 2.75) is 37.0 Å². The normalized spacial score (nSPS) is 11.2. The second kappa shape index (κ2) is 14.0. The first-order valence-electron chi connectivity index (χ1n) is 15.0. The summed E-state index contributed by atoms with van der Waals surface area (Å²) >= 11 is -2.20. The van der Waals surface area contributed by atoms with Crippen LogP contribution in [0.4, 0.5) is 0 Å². The Balaban J connectivity index is 0.000000258. The topological polar surface area (TPSA) is 51.8 Å². The molecule has 7 rings (SSSR count). The van der Waals surface area contributed by atoms with Gasteiger partial charge in [0, 0.05) is 26.3 Å². The Hall–Kier alpha value is -3.90. The zero-order valence-corrected chi connectivity index (χ0v) is 30.6. The summed E-state index contributed by atoms with van der Waals surface area (Å²) < 4.78 is 7.79. The maximum absolute atomic E-state index is 6.53. The third-order valence-corrected chi connectivity index (χ3v) is 11.4. The summed E-state index contributed by atoms with van der Waals surface area (Å²) in [5, 5.41) is 2.17. The molecule has 0 saturated heterocycles. The van der Waals surface area contributed by atoms with Gasteiger partial charge in [-0.25, -0.2) is 0 Å². The molecule has 3 aromatic heterocycles. The average molecular weight is 827 g/mol. The molecule has 0 atom stereocenters. The van der Waals surface area contributed by atoms with Crippen LogP contribution in [0, 0.1) is 12.1 Å². The molecule has 0 bridgehead atoms. The molecule has 0 aliphatic rings. The van der Waals surface area contributed by atoms with E-state index in [4.69, 9.17) is 14.4 Å². The number of nitrogens with zero attached hydrogens (tertiary/aromatic N) is 3. The van der Waals surface area contributed by atoms with Gasteiger partial charge in [-0.3, -0.25) is 0 Å². The predicted octanol–water partition coefficient (Wildman–Crippen LogP) is 9.73. The molecule has 7 aromatic rings. The van der Waals surface area contributed by atoms with Crippen LogP contribution in [0.3, 0.4) is 0 Å². The first-order chi connectivity index (χ1) is 21.3. The second-order valence-corrected chi connectivity index (χ2v) is 22.6. The molecule has 45 heavy (non-hydrogen) atoms. The number of fused-ring (bicyclic) bond motifs is 3.